The highest BCUT2D eigenvalue weighted by Gasteiger charge is 2.57. The molecule has 1 aromatic heterocycles. The Morgan fingerprint density at radius 2 is 1.97 bits per heavy atom. The van der Waals surface area contributed by atoms with Crippen LogP contribution in [-0.2, 0) is 32.6 Å². The standard InChI is InChI=1S/C28H36N2O5S/c1-26(2,3)35-24(31)20-16-28(25(29)32,22-8-7-13-36-22)23-19-14-18(9-11-27(4,5)33)21(34-6)15-17(19)10-12-30(20)23/h7-8,13-16,23,33H,9-12H2,1-6H3,(H2,29,32). The van der Waals surface area contributed by atoms with Crippen LogP contribution in [0, 0.1) is 0 Å². The van der Waals surface area contributed by atoms with Crippen LogP contribution < -0.4 is 10.5 Å². The van der Waals surface area contributed by atoms with E-state index in [1.54, 1.807) is 27.0 Å². The van der Waals surface area contributed by atoms with Crippen molar-refractivity contribution in [2.75, 3.05) is 13.7 Å². The quantitative estimate of drug-likeness (QED) is 0.544. The van der Waals surface area contributed by atoms with Crippen molar-refractivity contribution in [2.24, 2.45) is 5.73 Å². The Balaban J connectivity index is 1.90. The molecule has 2 aromatic rings. The van der Waals surface area contributed by atoms with E-state index in [0.717, 1.165) is 27.3 Å². The Morgan fingerprint density at radius 1 is 1.25 bits per heavy atom. The number of hydrogen-bond donors (Lipinski definition) is 2. The predicted octanol–water partition coefficient (Wildman–Crippen LogP) is 4.02. The fourth-order valence-electron chi connectivity index (χ4n) is 5.20. The highest BCUT2D eigenvalue weighted by Crippen LogP contribution is 2.54. The van der Waals surface area contributed by atoms with Crippen molar-refractivity contribution in [1.82, 2.24) is 4.90 Å². The third kappa shape index (κ3) is 4.76. The smallest absolute Gasteiger partial charge is 0.354 e. The molecule has 194 valence electrons. The second kappa shape index (κ2) is 9.23. The van der Waals surface area contributed by atoms with Gasteiger partial charge in [0.1, 0.15) is 22.5 Å². The van der Waals surface area contributed by atoms with E-state index >= 15 is 0 Å². The molecule has 2 unspecified atom stereocenters. The van der Waals surface area contributed by atoms with Crippen LogP contribution in [0.5, 0.6) is 5.75 Å². The number of nitrogens with zero attached hydrogens (tertiary/aromatic N) is 1. The summed E-state index contributed by atoms with van der Waals surface area (Å²) in [5.41, 5.74) is 6.73. The molecule has 0 spiro atoms. The number of rotatable bonds is 7. The van der Waals surface area contributed by atoms with Crippen molar-refractivity contribution in [3.8, 4) is 5.75 Å². The Bertz CT molecular complexity index is 1190. The zero-order valence-electron chi connectivity index (χ0n) is 21.9. The minimum Gasteiger partial charge on any atom is -0.496 e. The van der Waals surface area contributed by atoms with E-state index in [1.165, 1.54) is 11.3 Å². The SMILES string of the molecule is COc1cc2c(cc1CCC(C)(C)O)C1N(CC2)C(C(=O)OC(C)(C)C)=CC1(C(N)=O)c1cccs1. The summed E-state index contributed by atoms with van der Waals surface area (Å²) >= 11 is 1.45. The van der Waals surface area contributed by atoms with Gasteiger partial charge in [-0.25, -0.2) is 4.79 Å². The van der Waals surface area contributed by atoms with Gasteiger partial charge in [0.15, 0.2) is 0 Å². The zero-order chi connectivity index (χ0) is 26.5. The second-order valence-electron chi connectivity index (χ2n) is 11.3. The molecule has 7 nitrogen and oxygen atoms in total. The molecule has 2 atom stereocenters. The second-order valence-corrected chi connectivity index (χ2v) is 12.2. The minimum atomic E-state index is -1.22. The number of ether oxygens (including phenoxy) is 2. The van der Waals surface area contributed by atoms with E-state index in [2.05, 4.69) is 6.07 Å². The summed E-state index contributed by atoms with van der Waals surface area (Å²) in [4.78, 5) is 29.5. The first-order chi connectivity index (χ1) is 16.8. The molecule has 1 amide bonds. The van der Waals surface area contributed by atoms with E-state index in [0.29, 0.717) is 31.5 Å². The fraction of sp³-hybridized carbons (Fsp3) is 0.500. The Hall–Kier alpha value is -2.84. The molecule has 3 N–H and O–H groups in total. The van der Waals surface area contributed by atoms with Crippen molar-refractivity contribution >= 4 is 23.2 Å². The first-order valence-corrected chi connectivity index (χ1v) is 13.1. The number of esters is 1. The molecule has 3 heterocycles. The lowest BCUT2D eigenvalue weighted by Gasteiger charge is -2.42. The van der Waals surface area contributed by atoms with Crippen LogP contribution in [0.4, 0.5) is 0 Å². The molecule has 0 aliphatic carbocycles. The summed E-state index contributed by atoms with van der Waals surface area (Å²) in [6, 6.07) is 7.38. The van der Waals surface area contributed by atoms with Gasteiger partial charge in [0, 0.05) is 11.4 Å². The summed E-state index contributed by atoms with van der Waals surface area (Å²) in [6.45, 7) is 9.57. The molecule has 2 aliphatic heterocycles. The Labute approximate surface area is 216 Å². The van der Waals surface area contributed by atoms with Gasteiger partial charge < -0.3 is 25.2 Å². The minimum absolute atomic E-state index is 0.363. The summed E-state index contributed by atoms with van der Waals surface area (Å²) in [5, 5.41) is 12.2. The maximum absolute atomic E-state index is 13.4. The lowest BCUT2D eigenvalue weighted by atomic mass is 9.73. The number of aliphatic hydroxyl groups is 1. The van der Waals surface area contributed by atoms with Gasteiger partial charge in [-0.1, -0.05) is 6.07 Å². The summed E-state index contributed by atoms with van der Waals surface area (Å²) < 4.78 is 11.4. The summed E-state index contributed by atoms with van der Waals surface area (Å²) in [7, 11) is 1.64. The monoisotopic (exact) mass is 512 g/mol. The number of fused-ring (bicyclic) bond motifs is 3. The first kappa shape index (κ1) is 26.2. The van der Waals surface area contributed by atoms with Crippen LogP contribution in [0.1, 0.15) is 68.6 Å². The zero-order valence-corrected chi connectivity index (χ0v) is 22.7. The lowest BCUT2D eigenvalue weighted by molar-refractivity contribution is -0.152. The van der Waals surface area contributed by atoms with Crippen LogP contribution in [0.2, 0.25) is 0 Å². The van der Waals surface area contributed by atoms with Crippen LogP contribution in [0.3, 0.4) is 0 Å². The van der Waals surface area contributed by atoms with Crippen molar-refractivity contribution in [3.05, 3.63) is 63.0 Å². The van der Waals surface area contributed by atoms with E-state index < -0.39 is 34.5 Å². The van der Waals surface area contributed by atoms with Gasteiger partial charge in [-0.15, -0.1) is 11.3 Å². The molecule has 2 aliphatic rings. The third-order valence-electron chi connectivity index (χ3n) is 6.83. The fourth-order valence-corrected chi connectivity index (χ4v) is 6.13. The van der Waals surface area contributed by atoms with Crippen LogP contribution in [0.25, 0.3) is 0 Å². The molecule has 0 bridgehead atoms. The van der Waals surface area contributed by atoms with Crippen molar-refractivity contribution in [2.45, 2.75) is 76.5 Å². The van der Waals surface area contributed by atoms with Crippen molar-refractivity contribution < 1.29 is 24.2 Å². The molecule has 0 saturated heterocycles. The van der Waals surface area contributed by atoms with Gasteiger partial charge in [0.05, 0.1) is 18.8 Å². The molecule has 8 heteroatoms. The van der Waals surface area contributed by atoms with Gasteiger partial charge in [-0.2, -0.15) is 0 Å². The van der Waals surface area contributed by atoms with Gasteiger partial charge in [0.25, 0.3) is 0 Å². The van der Waals surface area contributed by atoms with E-state index in [-0.39, 0.29) is 0 Å². The van der Waals surface area contributed by atoms with Crippen LogP contribution >= 0.6 is 11.3 Å². The van der Waals surface area contributed by atoms with Gasteiger partial charge in [0.2, 0.25) is 5.91 Å². The number of aryl methyl sites for hydroxylation is 1. The number of carbonyl (C=O) groups excluding carboxylic acids is 2. The van der Waals surface area contributed by atoms with Gasteiger partial charge in [-0.05, 0) is 100 Å². The maximum Gasteiger partial charge on any atom is 0.354 e. The average molecular weight is 513 g/mol. The van der Waals surface area contributed by atoms with E-state index in [1.807, 2.05) is 49.3 Å². The number of benzene rings is 1. The molecular weight excluding hydrogens is 476 g/mol. The molecule has 0 radical (unpaired) electrons. The molecule has 36 heavy (non-hydrogen) atoms. The van der Waals surface area contributed by atoms with E-state index in [9.17, 15) is 14.7 Å². The van der Waals surface area contributed by atoms with Crippen LogP contribution in [-0.4, -0.2) is 46.7 Å². The predicted molar refractivity (Wildman–Crippen MR) is 140 cm³/mol. The molecule has 0 saturated carbocycles. The topological polar surface area (TPSA) is 102 Å². The number of amides is 1. The number of primary amides is 1. The molecular formula is C28H36N2O5S. The molecule has 0 fully saturated rings. The number of methoxy groups -OCH3 is 1. The molecule has 4 rings (SSSR count). The lowest BCUT2D eigenvalue weighted by Crippen LogP contribution is -2.48. The highest BCUT2D eigenvalue weighted by atomic mass is 32.1. The Kier molecular flexibility index (Phi) is 6.73. The normalized spacial score (nSPS) is 21.5. The summed E-state index contributed by atoms with van der Waals surface area (Å²) in [5.74, 6) is -0.225. The van der Waals surface area contributed by atoms with Crippen molar-refractivity contribution in [3.63, 3.8) is 0 Å². The number of hydrogen-bond acceptors (Lipinski definition) is 7. The number of nitrogens with two attached hydrogens (primary N) is 1. The van der Waals surface area contributed by atoms with Crippen molar-refractivity contribution in [1.29, 1.82) is 0 Å². The summed E-state index contributed by atoms with van der Waals surface area (Å²) in [6.07, 6.45) is 3.54. The largest absolute Gasteiger partial charge is 0.496 e. The van der Waals surface area contributed by atoms with Gasteiger partial charge in [-0.3, -0.25) is 4.79 Å². The first-order valence-electron chi connectivity index (χ1n) is 12.3. The highest BCUT2D eigenvalue weighted by molar-refractivity contribution is 7.10. The molecule has 1 aromatic carbocycles. The number of thiophene rings is 1. The third-order valence-corrected chi connectivity index (χ3v) is 7.85. The van der Waals surface area contributed by atoms with E-state index in [4.69, 9.17) is 15.2 Å². The van der Waals surface area contributed by atoms with Crippen LogP contribution in [0.15, 0.2) is 41.4 Å². The van der Waals surface area contributed by atoms with Gasteiger partial charge >= 0.3 is 5.97 Å². The average Bonchev–Trinajstić information content (AvgIpc) is 3.42. The number of carbonyl (C=O) groups is 2. The maximum atomic E-state index is 13.4. The Morgan fingerprint density at radius 3 is 2.53 bits per heavy atom.